The molecule has 1 aliphatic rings. The molecule has 0 spiro atoms. The molecule has 1 aromatic heterocycles. The first kappa shape index (κ1) is 22.9. The summed E-state index contributed by atoms with van der Waals surface area (Å²) >= 11 is 0. The molecule has 2 atom stereocenters. The number of carbonyl (C=O) groups is 1. The third-order valence-corrected chi connectivity index (χ3v) is 7.54. The predicted octanol–water partition coefficient (Wildman–Crippen LogP) is 2.75. The Morgan fingerprint density at radius 3 is 2.29 bits per heavy atom. The van der Waals surface area contributed by atoms with Crippen molar-refractivity contribution in [3.05, 3.63) is 53.9 Å². The van der Waals surface area contributed by atoms with Gasteiger partial charge in [-0.25, -0.2) is 8.42 Å². The summed E-state index contributed by atoms with van der Waals surface area (Å²) in [6.45, 7) is 4.55. The van der Waals surface area contributed by atoms with Crippen molar-refractivity contribution in [1.82, 2.24) is 4.98 Å². The molecule has 166 valence electrons. The van der Waals surface area contributed by atoms with Crippen molar-refractivity contribution in [1.29, 1.82) is 0 Å². The van der Waals surface area contributed by atoms with Crippen LogP contribution >= 0.6 is 0 Å². The Bertz CT molecular complexity index is 1120. The van der Waals surface area contributed by atoms with Gasteiger partial charge in [0, 0.05) is 25.3 Å². The summed E-state index contributed by atoms with van der Waals surface area (Å²) in [7, 11) is -3.84. The van der Waals surface area contributed by atoms with Gasteiger partial charge in [-0.05, 0) is 49.6 Å². The highest BCUT2D eigenvalue weighted by molar-refractivity contribution is 7.92. The standard InChI is InChI=1S/C22H26N2O6S/c1-21(2,27)19-11-16(9-10-23-19)14-5-7-15(8-6-14)18-12-17(30-24-18)13-22(3,20(25)26)31(4,28)29/h5-11,17,27H,12-13H2,1-4H3,(H,25,26)/t17-,22?/m1/s1. The summed E-state index contributed by atoms with van der Waals surface area (Å²) in [6, 6.07) is 11.3. The molecule has 2 heterocycles. The second-order valence-corrected chi connectivity index (χ2v) is 11.0. The van der Waals surface area contributed by atoms with Crippen molar-refractivity contribution >= 4 is 21.5 Å². The number of sulfone groups is 1. The third-order valence-electron chi connectivity index (χ3n) is 5.56. The number of oxime groups is 1. The van der Waals surface area contributed by atoms with Crippen LogP contribution in [0.4, 0.5) is 0 Å². The van der Waals surface area contributed by atoms with Gasteiger partial charge in [-0.1, -0.05) is 29.4 Å². The SMILES string of the molecule is CC(C)(O)c1cc(-c2ccc(C3=NO[C@@H](CC(C)(C(=O)O)S(C)(=O)=O)C3)cc2)ccn1. The minimum Gasteiger partial charge on any atom is -0.480 e. The molecule has 8 nitrogen and oxygen atoms in total. The monoisotopic (exact) mass is 446 g/mol. The number of aliphatic hydroxyl groups is 1. The minimum absolute atomic E-state index is 0.191. The Morgan fingerprint density at radius 1 is 1.13 bits per heavy atom. The molecule has 3 rings (SSSR count). The maximum atomic E-state index is 12.0. The first-order chi connectivity index (χ1) is 14.3. The number of carboxylic acid groups (broad SMARTS) is 1. The van der Waals surface area contributed by atoms with Crippen molar-refractivity contribution < 1.29 is 28.3 Å². The summed E-state index contributed by atoms with van der Waals surface area (Å²) in [4.78, 5) is 21.1. The Balaban J connectivity index is 1.74. The van der Waals surface area contributed by atoms with Crippen LogP contribution in [0.25, 0.3) is 11.1 Å². The average molecular weight is 447 g/mol. The zero-order valence-corrected chi connectivity index (χ0v) is 18.7. The predicted molar refractivity (Wildman–Crippen MR) is 116 cm³/mol. The number of aliphatic carboxylic acids is 1. The molecule has 0 radical (unpaired) electrons. The van der Waals surface area contributed by atoms with E-state index in [1.807, 2.05) is 36.4 Å². The largest absolute Gasteiger partial charge is 0.480 e. The van der Waals surface area contributed by atoms with Crippen LogP contribution in [-0.4, -0.2) is 52.4 Å². The Labute approximate surface area is 181 Å². The molecule has 2 N–H and O–H groups in total. The van der Waals surface area contributed by atoms with Crippen LogP contribution in [0.15, 0.2) is 47.8 Å². The van der Waals surface area contributed by atoms with Gasteiger partial charge in [0.2, 0.25) is 0 Å². The van der Waals surface area contributed by atoms with Crippen LogP contribution in [0.1, 0.15) is 44.9 Å². The van der Waals surface area contributed by atoms with Crippen LogP contribution in [0.5, 0.6) is 0 Å². The van der Waals surface area contributed by atoms with Gasteiger partial charge >= 0.3 is 5.97 Å². The number of benzene rings is 1. The number of nitrogens with zero attached hydrogens (tertiary/aromatic N) is 2. The number of hydrogen-bond donors (Lipinski definition) is 2. The van der Waals surface area contributed by atoms with E-state index in [0.29, 0.717) is 17.8 Å². The number of pyridine rings is 1. The summed E-state index contributed by atoms with van der Waals surface area (Å²) < 4.78 is 22.1. The quantitative estimate of drug-likeness (QED) is 0.670. The lowest BCUT2D eigenvalue weighted by Crippen LogP contribution is -2.45. The highest BCUT2D eigenvalue weighted by Crippen LogP contribution is 2.30. The first-order valence-electron chi connectivity index (χ1n) is 9.77. The van der Waals surface area contributed by atoms with Crippen molar-refractivity contribution in [2.75, 3.05) is 6.26 Å². The Kier molecular flexibility index (Phi) is 5.94. The fraction of sp³-hybridized carbons (Fsp3) is 0.409. The summed E-state index contributed by atoms with van der Waals surface area (Å²) in [5.41, 5.74) is 2.80. The maximum absolute atomic E-state index is 12.0. The van der Waals surface area contributed by atoms with Gasteiger partial charge in [-0.15, -0.1) is 0 Å². The molecule has 0 fully saturated rings. The number of aromatic nitrogens is 1. The highest BCUT2D eigenvalue weighted by atomic mass is 32.2. The van der Waals surface area contributed by atoms with E-state index in [4.69, 9.17) is 4.84 Å². The van der Waals surface area contributed by atoms with Crippen LogP contribution < -0.4 is 0 Å². The number of hydrogen-bond acceptors (Lipinski definition) is 7. The van der Waals surface area contributed by atoms with Gasteiger partial charge in [0.25, 0.3) is 0 Å². The smallest absolute Gasteiger partial charge is 0.324 e. The van der Waals surface area contributed by atoms with E-state index < -0.39 is 32.3 Å². The van der Waals surface area contributed by atoms with E-state index in [1.165, 1.54) is 6.92 Å². The molecule has 0 saturated carbocycles. The van der Waals surface area contributed by atoms with E-state index in [9.17, 15) is 23.4 Å². The maximum Gasteiger partial charge on any atom is 0.324 e. The van der Waals surface area contributed by atoms with Crippen LogP contribution in [0.2, 0.25) is 0 Å². The summed E-state index contributed by atoms with van der Waals surface area (Å²) in [5, 5.41) is 23.6. The summed E-state index contributed by atoms with van der Waals surface area (Å²) in [5.74, 6) is -1.40. The molecule has 31 heavy (non-hydrogen) atoms. The molecular formula is C22H26N2O6S. The topological polar surface area (TPSA) is 126 Å². The lowest BCUT2D eigenvalue weighted by molar-refractivity contribution is -0.140. The molecule has 1 aliphatic heterocycles. The van der Waals surface area contributed by atoms with Crippen LogP contribution in [0.3, 0.4) is 0 Å². The number of carboxylic acids is 1. The van der Waals surface area contributed by atoms with Crippen LogP contribution in [-0.2, 0) is 25.1 Å². The molecule has 0 saturated heterocycles. The lowest BCUT2D eigenvalue weighted by atomic mass is 9.95. The molecule has 0 amide bonds. The van der Waals surface area contributed by atoms with Crippen molar-refractivity contribution in [3.63, 3.8) is 0 Å². The van der Waals surface area contributed by atoms with E-state index in [1.54, 1.807) is 20.0 Å². The van der Waals surface area contributed by atoms with Gasteiger partial charge in [-0.3, -0.25) is 9.78 Å². The molecule has 2 aromatic rings. The Morgan fingerprint density at radius 2 is 1.74 bits per heavy atom. The number of rotatable bonds is 7. The van der Waals surface area contributed by atoms with Crippen molar-refractivity contribution in [2.24, 2.45) is 5.16 Å². The van der Waals surface area contributed by atoms with E-state index in [0.717, 1.165) is 22.9 Å². The molecule has 1 unspecified atom stereocenters. The first-order valence-corrected chi connectivity index (χ1v) is 11.7. The van der Waals surface area contributed by atoms with Gasteiger partial charge in [0.1, 0.15) is 11.7 Å². The average Bonchev–Trinajstić information content (AvgIpc) is 3.15. The molecule has 9 heteroatoms. The van der Waals surface area contributed by atoms with Crippen LogP contribution in [0, 0.1) is 0 Å². The zero-order valence-electron chi connectivity index (χ0n) is 17.9. The van der Waals surface area contributed by atoms with Gasteiger partial charge in [0.15, 0.2) is 14.6 Å². The zero-order chi connectivity index (χ0) is 23.0. The molecular weight excluding hydrogens is 420 g/mol. The second kappa shape index (κ2) is 8.05. The molecule has 0 bridgehead atoms. The lowest BCUT2D eigenvalue weighted by Gasteiger charge is -2.24. The summed E-state index contributed by atoms with van der Waals surface area (Å²) in [6.07, 6.45) is 2.05. The second-order valence-electron chi connectivity index (χ2n) is 8.55. The van der Waals surface area contributed by atoms with E-state index in [-0.39, 0.29) is 6.42 Å². The van der Waals surface area contributed by atoms with Crippen molar-refractivity contribution in [2.45, 2.75) is 50.1 Å². The van der Waals surface area contributed by atoms with Gasteiger partial charge < -0.3 is 15.1 Å². The third kappa shape index (κ3) is 4.77. The van der Waals surface area contributed by atoms with Crippen molar-refractivity contribution in [3.8, 4) is 11.1 Å². The minimum atomic E-state index is -3.84. The highest BCUT2D eigenvalue weighted by Gasteiger charge is 2.47. The molecule has 1 aromatic carbocycles. The van der Waals surface area contributed by atoms with Gasteiger partial charge in [0.05, 0.1) is 11.4 Å². The van der Waals surface area contributed by atoms with E-state index >= 15 is 0 Å². The normalized spacial score (nSPS) is 18.7. The van der Waals surface area contributed by atoms with E-state index in [2.05, 4.69) is 10.1 Å². The fourth-order valence-electron chi connectivity index (χ4n) is 3.34. The molecule has 0 aliphatic carbocycles. The van der Waals surface area contributed by atoms with Gasteiger partial charge in [-0.2, -0.15) is 0 Å². The Hall–Kier alpha value is -2.78. The fourth-order valence-corrected chi connectivity index (χ4v) is 4.15.